The molecule has 0 radical (unpaired) electrons. The molecule has 2 rings (SSSR count). The molecule has 0 saturated heterocycles. The predicted molar refractivity (Wildman–Crippen MR) is 60.1 cm³/mol. The van der Waals surface area contributed by atoms with Crippen molar-refractivity contribution in [1.29, 1.82) is 0 Å². The highest BCUT2D eigenvalue weighted by Gasteiger charge is 2.22. The van der Waals surface area contributed by atoms with Gasteiger partial charge in [0.15, 0.2) is 5.82 Å². The van der Waals surface area contributed by atoms with Crippen molar-refractivity contribution in [1.82, 2.24) is 19.8 Å². The summed E-state index contributed by atoms with van der Waals surface area (Å²) in [5.74, 6) is 0.900. The molecule has 0 unspecified atom stereocenters. The maximum atomic E-state index is 5.50. The van der Waals surface area contributed by atoms with Crippen LogP contribution in [0.3, 0.4) is 0 Å². The number of hydrogen-bond acceptors (Lipinski definition) is 5. The van der Waals surface area contributed by atoms with E-state index < -0.39 is 0 Å². The van der Waals surface area contributed by atoms with Gasteiger partial charge in [0.1, 0.15) is 5.01 Å². The van der Waals surface area contributed by atoms with Crippen molar-refractivity contribution in [3.63, 3.8) is 0 Å². The van der Waals surface area contributed by atoms with Crippen molar-refractivity contribution in [2.75, 3.05) is 6.54 Å². The van der Waals surface area contributed by atoms with Crippen LogP contribution in [0.1, 0.15) is 31.6 Å². The Labute approximate surface area is 92.3 Å². The van der Waals surface area contributed by atoms with Crippen molar-refractivity contribution >= 4 is 16.3 Å². The molecule has 0 saturated carbocycles. The van der Waals surface area contributed by atoms with Crippen LogP contribution in [0.25, 0.3) is 4.96 Å². The summed E-state index contributed by atoms with van der Waals surface area (Å²) >= 11 is 1.56. The van der Waals surface area contributed by atoms with Gasteiger partial charge in [0.05, 0.1) is 0 Å². The first-order valence-corrected chi connectivity index (χ1v) is 5.75. The first-order valence-electron chi connectivity index (χ1n) is 4.94. The summed E-state index contributed by atoms with van der Waals surface area (Å²) in [6, 6.07) is 0. The number of fused-ring (bicyclic) bond motifs is 1. The Hall–Kier alpha value is -1.01. The smallest absolute Gasteiger partial charge is 0.234 e. The Balaban J connectivity index is 2.49. The SMILES string of the molecule is CC(C)(C)c1nnc2sc(CCN)nn12. The van der Waals surface area contributed by atoms with Crippen LogP contribution in [0.2, 0.25) is 0 Å². The van der Waals surface area contributed by atoms with Crippen LogP contribution in [0.15, 0.2) is 0 Å². The van der Waals surface area contributed by atoms with Crippen LogP contribution in [0, 0.1) is 0 Å². The van der Waals surface area contributed by atoms with Gasteiger partial charge in [-0.05, 0) is 6.54 Å². The molecule has 0 aliphatic rings. The molecule has 5 nitrogen and oxygen atoms in total. The van der Waals surface area contributed by atoms with Crippen LogP contribution in [-0.4, -0.2) is 26.4 Å². The lowest BCUT2D eigenvalue weighted by Crippen LogP contribution is -2.16. The fourth-order valence-electron chi connectivity index (χ4n) is 1.35. The van der Waals surface area contributed by atoms with Gasteiger partial charge in [0.25, 0.3) is 0 Å². The number of hydrogen-bond donors (Lipinski definition) is 1. The summed E-state index contributed by atoms with van der Waals surface area (Å²) in [5.41, 5.74) is 5.46. The van der Waals surface area contributed by atoms with Gasteiger partial charge >= 0.3 is 0 Å². The second-order valence-corrected chi connectivity index (χ2v) is 5.54. The molecule has 0 aromatic carbocycles. The van der Waals surface area contributed by atoms with E-state index in [0.29, 0.717) is 6.54 Å². The third-order valence-electron chi connectivity index (χ3n) is 2.06. The summed E-state index contributed by atoms with van der Waals surface area (Å²) in [6.45, 7) is 6.93. The Morgan fingerprint density at radius 2 is 2.07 bits per heavy atom. The quantitative estimate of drug-likeness (QED) is 0.827. The van der Waals surface area contributed by atoms with Gasteiger partial charge in [-0.25, -0.2) is 0 Å². The monoisotopic (exact) mass is 225 g/mol. The van der Waals surface area contributed by atoms with Crippen molar-refractivity contribution < 1.29 is 0 Å². The highest BCUT2D eigenvalue weighted by atomic mass is 32.1. The zero-order valence-corrected chi connectivity index (χ0v) is 10.0. The van der Waals surface area contributed by atoms with Crippen LogP contribution >= 0.6 is 11.3 Å². The molecule has 6 heteroatoms. The van der Waals surface area contributed by atoms with E-state index in [4.69, 9.17) is 5.73 Å². The normalized spacial score (nSPS) is 12.5. The van der Waals surface area contributed by atoms with Crippen LogP contribution in [0.4, 0.5) is 0 Å². The molecule has 0 amide bonds. The summed E-state index contributed by atoms with van der Waals surface area (Å²) < 4.78 is 1.83. The van der Waals surface area contributed by atoms with Gasteiger partial charge in [-0.3, -0.25) is 0 Å². The molecule has 15 heavy (non-hydrogen) atoms. The largest absolute Gasteiger partial charge is 0.330 e. The van der Waals surface area contributed by atoms with Crippen LogP contribution < -0.4 is 5.73 Å². The molecule has 0 aliphatic heterocycles. The van der Waals surface area contributed by atoms with Crippen molar-refractivity contribution in [2.24, 2.45) is 5.73 Å². The molecule has 2 aromatic rings. The Bertz CT molecular complexity index is 464. The van der Waals surface area contributed by atoms with Gasteiger partial charge in [0.2, 0.25) is 4.96 Å². The fraction of sp³-hybridized carbons (Fsp3) is 0.667. The zero-order valence-electron chi connectivity index (χ0n) is 9.19. The molecule has 0 aliphatic carbocycles. The average molecular weight is 225 g/mol. The second-order valence-electron chi connectivity index (χ2n) is 4.50. The minimum Gasteiger partial charge on any atom is -0.330 e. The van der Waals surface area contributed by atoms with Gasteiger partial charge in [-0.15, -0.1) is 10.2 Å². The Morgan fingerprint density at radius 1 is 1.33 bits per heavy atom. The van der Waals surface area contributed by atoms with Gasteiger partial charge in [0, 0.05) is 11.8 Å². The first-order chi connectivity index (χ1) is 7.02. The third kappa shape index (κ3) is 1.87. The topological polar surface area (TPSA) is 69.1 Å². The summed E-state index contributed by atoms with van der Waals surface area (Å²) in [4.78, 5) is 0.850. The molecule has 0 atom stereocenters. The molecular formula is C9H15N5S. The number of aromatic nitrogens is 4. The zero-order chi connectivity index (χ0) is 11.1. The van der Waals surface area contributed by atoms with E-state index >= 15 is 0 Å². The maximum absolute atomic E-state index is 5.50. The minimum absolute atomic E-state index is 0.0343. The standard InChI is InChI=1S/C9H15N5S/c1-9(2,3)7-11-12-8-14(7)13-6(15-8)4-5-10/h4-5,10H2,1-3H3. The summed E-state index contributed by atoms with van der Waals surface area (Å²) in [5, 5.41) is 13.8. The van der Waals surface area contributed by atoms with Crippen molar-refractivity contribution in [2.45, 2.75) is 32.6 Å². The number of nitrogens with two attached hydrogens (primary N) is 1. The van der Waals surface area contributed by atoms with Crippen molar-refractivity contribution in [3.8, 4) is 0 Å². The summed E-state index contributed by atoms with van der Waals surface area (Å²) in [6.07, 6.45) is 0.803. The Kier molecular flexibility index (Phi) is 2.47. The lowest BCUT2D eigenvalue weighted by molar-refractivity contribution is 0.526. The molecule has 2 aromatic heterocycles. The van der Waals surface area contributed by atoms with E-state index in [9.17, 15) is 0 Å². The second kappa shape index (κ2) is 3.53. The van der Waals surface area contributed by atoms with Crippen LogP contribution in [-0.2, 0) is 11.8 Å². The van der Waals surface area contributed by atoms with Gasteiger partial charge < -0.3 is 5.73 Å². The molecule has 82 valence electrons. The van der Waals surface area contributed by atoms with E-state index in [1.807, 2.05) is 4.52 Å². The molecule has 0 fully saturated rings. The minimum atomic E-state index is -0.0343. The Morgan fingerprint density at radius 3 is 2.67 bits per heavy atom. The van der Waals surface area contributed by atoms with Gasteiger partial charge in [-0.1, -0.05) is 32.1 Å². The van der Waals surface area contributed by atoms with Crippen molar-refractivity contribution in [3.05, 3.63) is 10.8 Å². The van der Waals surface area contributed by atoms with E-state index in [2.05, 4.69) is 36.1 Å². The third-order valence-corrected chi connectivity index (χ3v) is 3.02. The first kappa shape index (κ1) is 10.5. The highest BCUT2D eigenvalue weighted by Crippen LogP contribution is 2.23. The van der Waals surface area contributed by atoms with E-state index in [-0.39, 0.29) is 5.41 Å². The number of rotatable bonds is 2. The molecule has 0 bridgehead atoms. The fourth-order valence-corrected chi connectivity index (χ4v) is 2.20. The molecule has 2 N–H and O–H groups in total. The average Bonchev–Trinajstić information content (AvgIpc) is 2.60. The van der Waals surface area contributed by atoms with E-state index in [0.717, 1.165) is 22.2 Å². The predicted octanol–water partition coefficient (Wildman–Crippen LogP) is 0.984. The maximum Gasteiger partial charge on any atom is 0.234 e. The molecular weight excluding hydrogens is 210 g/mol. The van der Waals surface area contributed by atoms with Crippen LogP contribution in [0.5, 0.6) is 0 Å². The lowest BCUT2D eigenvalue weighted by Gasteiger charge is -2.13. The highest BCUT2D eigenvalue weighted by molar-refractivity contribution is 7.16. The number of nitrogens with zero attached hydrogens (tertiary/aromatic N) is 4. The summed E-state index contributed by atoms with van der Waals surface area (Å²) in [7, 11) is 0. The lowest BCUT2D eigenvalue weighted by atomic mass is 9.96. The molecule has 2 heterocycles. The molecule has 0 spiro atoms. The van der Waals surface area contributed by atoms with E-state index in [1.165, 1.54) is 0 Å². The van der Waals surface area contributed by atoms with E-state index in [1.54, 1.807) is 11.3 Å². The van der Waals surface area contributed by atoms with Gasteiger partial charge in [-0.2, -0.15) is 9.61 Å².